The Hall–Kier alpha value is -1.48. The number of anilines is 2. The van der Waals surface area contributed by atoms with E-state index < -0.39 is 10.0 Å². The molecule has 1 aromatic carbocycles. The number of rotatable bonds is 4. The number of hydrogen-bond donors (Lipinski definition) is 1. The van der Waals surface area contributed by atoms with Gasteiger partial charge >= 0.3 is 0 Å². The second-order valence-electron chi connectivity index (χ2n) is 5.72. The molecule has 2 heterocycles. The monoisotopic (exact) mass is 410 g/mol. The first-order valence-corrected chi connectivity index (χ1v) is 9.86. The van der Waals surface area contributed by atoms with E-state index in [1.54, 1.807) is 34.8 Å². The first-order chi connectivity index (χ1) is 11.4. The zero-order valence-electron chi connectivity index (χ0n) is 13.3. The Morgan fingerprint density at radius 1 is 1.08 bits per heavy atom. The van der Waals surface area contributed by atoms with Crippen molar-refractivity contribution in [3.05, 3.63) is 47.1 Å². The molecule has 1 aromatic heterocycles. The van der Waals surface area contributed by atoms with Crippen molar-refractivity contribution in [3.8, 4) is 0 Å². The van der Waals surface area contributed by atoms with E-state index in [9.17, 15) is 8.42 Å². The summed E-state index contributed by atoms with van der Waals surface area (Å²) in [5.74, 6) is 0.694. The number of hydrogen-bond acceptors (Lipinski definition) is 5. The SMILES string of the molecule is CN1CCN(S(=O)(=O)c2ccc(Nc3cc(Br)ccn3)cc2)CC1. The summed E-state index contributed by atoms with van der Waals surface area (Å²) >= 11 is 3.39. The molecule has 0 radical (unpaired) electrons. The third-order valence-corrected chi connectivity index (χ3v) is 6.35. The van der Waals surface area contributed by atoms with Crippen LogP contribution in [0, 0.1) is 0 Å². The molecule has 0 aliphatic carbocycles. The van der Waals surface area contributed by atoms with E-state index in [1.807, 2.05) is 19.2 Å². The summed E-state index contributed by atoms with van der Waals surface area (Å²) in [6.07, 6.45) is 1.69. The summed E-state index contributed by atoms with van der Waals surface area (Å²) in [5, 5.41) is 3.15. The van der Waals surface area contributed by atoms with Gasteiger partial charge in [0.2, 0.25) is 10.0 Å². The molecular formula is C16H19BrN4O2S. The number of halogens is 1. The lowest BCUT2D eigenvalue weighted by Gasteiger charge is -2.31. The highest BCUT2D eigenvalue weighted by Gasteiger charge is 2.27. The van der Waals surface area contributed by atoms with Crippen LogP contribution < -0.4 is 5.32 Å². The zero-order chi connectivity index (χ0) is 17.2. The first-order valence-electron chi connectivity index (χ1n) is 7.62. The number of sulfonamides is 1. The quantitative estimate of drug-likeness (QED) is 0.838. The average molecular weight is 411 g/mol. The van der Waals surface area contributed by atoms with Crippen LogP contribution >= 0.6 is 15.9 Å². The fraction of sp³-hybridized carbons (Fsp3) is 0.312. The van der Waals surface area contributed by atoms with Gasteiger partial charge in [0.05, 0.1) is 4.90 Å². The number of likely N-dealkylation sites (N-methyl/N-ethyl adjacent to an activating group) is 1. The van der Waals surface area contributed by atoms with Gasteiger partial charge in [0.1, 0.15) is 5.82 Å². The van der Waals surface area contributed by atoms with Gasteiger partial charge in [-0.05, 0) is 43.4 Å². The van der Waals surface area contributed by atoms with Crippen LogP contribution in [0.2, 0.25) is 0 Å². The van der Waals surface area contributed by atoms with Crippen LogP contribution in [-0.4, -0.2) is 55.8 Å². The van der Waals surface area contributed by atoms with E-state index in [1.165, 1.54) is 0 Å². The Labute approximate surface area is 150 Å². The van der Waals surface area contributed by atoms with E-state index in [-0.39, 0.29) is 0 Å². The van der Waals surface area contributed by atoms with Crippen molar-refractivity contribution in [1.82, 2.24) is 14.2 Å². The molecule has 0 spiro atoms. The molecule has 1 N–H and O–H groups in total. The molecule has 3 rings (SSSR count). The Bertz CT molecular complexity index is 803. The minimum absolute atomic E-state index is 0.319. The lowest BCUT2D eigenvalue weighted by atomic mass is 10.3. The van der Waals surface area contributed by atoms with Gasteiger partial charge in [0.15, 0.2) is 0 Å². The van der Waals surface area contributed by atoms with Crippen molar-refractivity contribution in [1.29, 1.82) is 0 Å². The molecule has 0 bridgehead atoms. The van der Waals surface area contributed by atoms with Gasteiger partial charge in [-0.15, -0.1) is 0 Å². The minimum Gasteiger partial charge on any atom is -0.340 e. The van der Waals surface area contributed by atoms with Crippen molar-refractivity contribution in [2.75, 3.05) is 38.5 Å². The molecule has 1 fully saturated rings. The van der Waals surface area contributed by atoms with Crippen LogP contribution in [0.3, 0.4) is 0 Å². The highest BCUT2D eigenvalue weighted by Crippen LogP contribution is 2.22. The van der Waals surface area contributed by atoms with E-state index in [0.717, 1.165) is 23.2 Å². The molecule has 1 saturated heterocycles. The van der Waals surface area contributed by atoms with Crippen LogP contribution in [0.4, 0.5) is 11.5 Å². The summed E-state index contributed by atoms with van der Waals surface area (Å²) in [7, 11) is -1.43. The lowest BCUT2D eigenvalue weighted by molar-refractivity contribution is 0.222. The van der Waals surface area contributed by atoms with Crippen molar-refractivity contribution in [2.45, 2.75) is 4.90 Å². The molecule has 8 heteroatoms. The molecular weight excluding hydrogens is 392 g/mol. The summed E-state index contributed by atoms with van der Waals surface area (Å²) in [6.45, 7) is 2.57. The number of pyridine rings is 1. The predicted octanol–water partition coefficient (Wildman–Crippen LogP) is 2.52. The van der Waals surface area contributed by atoms with E-state index >= 15 is 0 Å². The molecule has 0 saturated carbocycles. The van der Waals surface area contributed by atoms with Gasteiger partial charge in [-0.3, -0.25) is 0 Å². The fourth-order valence-electron chi connectivity index (χ4n) is 2.51. The molecule has 2 aromatic rings. The first kappa shape index (κ1) is 17.3. The number of aromatic nitrogens is 1. The number of nitrogens with zero attached hydrogens (tertiary/aromatic N) is 3. The summed E-state index contributed by atoms with van der Waals surface area (Å²) in [4.78, 5) is 6.66. The van der Waals surface area contributed by atoms with Crippen LogP contribution in [0.1, 0.15) is 0 Å². The topological polar surface area (TPSA) is 65.5 Å². The van der Waals surface area contributed by atoms with Crippen LogP contribution in [0.25, 0.3) is 0 Å². The molecule has 1 aliphatic heterocycles. The molecule has 0 atom stereocenters. The Balaban J connectivity index is 1.74. The third kappa shape index (κ3) is 3.94. The lowest BCUT2D eigenvalue weighted by Crippen LogP contribution is -2.46. The minimum atomic E-state index is -3.43. The van der Waals surface area contributed by atoms with E-state index in [2.05, 4.69) is 31.1 Å². The maximum atomic E-state index is 12.7. The largest absolute Gasteiger partial charge is 0.340 e. The van der Waals surface area contributed by atoms with Crippen molar-refractivity contribution in [2.24, 2.45) is 0 Å². The highest BCUT2D eigenvalue weighted by molar-refractivity contribution is 9.10. The van der Waals surface area contributed by atoms with Gasteiger partial charge < -0.3 is 10.2 Å². The van der Waals surface area contributed by atoms with Gasteiger partial charge in [-0.1, -0.05) is 15.9 Å². The smallest absolute Gasteiger partial charge is 0.243 e. The predicted molar refractivity (Wildman–Crippen MR) is 97.9 cm³/mol. The van der Waals surface area contributed by atoms with Crippen LogP contribution in [0.15, 0.2) is 52.0 Å². The molecule has 128 valence electrons. The Kier molecular flexibility index (Phi) is 5.19. The normalized spacial score (nSPS) is 16.9. The van der Waals surface area contributed by atoms with Crippen molar-refractivity contribution < 1.29 is 8.42 Å². The maximum absolute atomic E-state index is 12.7. The van der Waals surface area contributed by atoms with Crippen LogP contribution in [-0.2, 0) is 10.0 Å². The summed E-state index contributed by atoms with van der Waals surface area (Å²) in [5.41, 5.74) is 0.790. The second-order valence-corrected chi connectivity index (χ2v) is 8.57. The van der Waals surface area contributed by atoms with Crippen molar-refractivity contribution >= 4 is 37.5 Å². The molecule has 0 amide bonds. The number of nitrogens with one attached hydrogen (secondary N) is 1. The van der Waals surface area contributed by atoms with Gasteiger partial charge in [-0.25, -0.2) is 13.4 Å². The zero-order valence-corrected chi connectivity index (χ0v) is 15.7. The fourth-order valence-corrected chi connectivity index (χ4v) is 4.27. The number of piperazine rings is 1. The summed E-state index contributed by atoms with van der Waals surface area (Å²) in [6, 6.07) is 10.5. The van der Waals surface area contributed by atoms with Gasteiger partial charge in [0, 0.05) is 42.5 Å². The molecule has 1 aliphatic rings. The van der Waals surface area contributed by atoms with E-state index in [0.29, 0.717) is 23.8 Å². The van der Waals surface area contributed by atoms with Crippen LogP contribution in [0.5, 0.6) is 0 Å². The third-order valence-electron chi connectivity index (χ3n) is 3.95. The maximum Gasteiger partial charge on any atom is 0.243 e. The Morgan fingerprint density at radius 3 is 2.38 bits per heavy atom. The highest BCUT2D eigenvalue weighted by atomic mass is 79.9. The molecule has 6 nitrogen and oxygen atoms in total. The second kappa shape index (κ2) is 7.18. The molecule has 0 unspecified atom stereocenters. The molecule has 24 heavy (non-hydrogen) atoms. The standard InChI is InChI=1S/C16H19BrN4O2S/c1-20-8-10-21(11-9-20)24(22,23)15-4-2-14(3-5-15)19-16-12-13(17)6-7-18-16/h2-7,12H,8-11H2,1H3,(H,18,19). The van der Waals surface area contributed by atoms with Gasteiger partial charge in [0.25, 0.3) is 0 Å². The Morgan fingerprint density at radius 2 is 1.75 bits per heavy atom. The van der Waals surface area contributed by atoms with Crippen molar-refractivity contribution in [3.63, 3.8) is 0 Å². The van der Waals surface area contributed by atoms with E-state index in [4.69, 9.17) is 0 Å². The summed E-state index contributed by atoms with van der Waals surface area (Å²) < 4.78 is 27.8. The number of benzene rings is 1. The van der Waals surface area contributed by atoms with Gasteiger partial charge in [-0.2, -0.15) is 4.31 Å². The average Bonchev–Trinajstić information content (AvgIpc) is 2.56.